The van der Waals surface area contributed by atoms with Crippen molar-refractivity contribution in [2.45, 2.75) is 39.5 Å². The number of aromatic amines is 1. The lowest BCUT2D eigenvalue weighted by atomic mass is 9.99. The number of hydrogen-bond donors (Lipinski definition) is 2. The second-order valence-electron chi connectivity index (χ2n) is 8.16. The normalized spacial score (nSPS) is 15.9. The highest BCUT2D eigenvalue weighted by Gasteiger charge is 2.21. The third kappa shape index (κ3) is 4.35. The van der Waals surface area contributed by atoms with Gasteiger partial charge in [-0.2, -0.15) is 0 Å². The van der Waals surface area contributed by atoms with E-state index in [0.29, 0.717) is 30.3 Å². The van der Waals surface area contributed by atoms with Gasteiger partial charge in [-0.3, -0.25) is 9.59 Å². The van der Waals surface area contributed by atoms with Gasteiger partial charge in [-0.25, -0.2) is 4.98 Å². The van der Waals surface area contributed by atoms with Crippen molar-refractivity contribution in [1.29, 1.82) is 0 Å². The molecule has 0 radical (unpaired) electrons. The van der Waals surface area contributed by atoms with Gasteiger partial charge in [0.1, 0.15) is 5.82 Å². The van der Waals surface area contributed by atoms with E-state index in [1.165, 1.54) is 5.56 Å². The van der Waals surface area contributed by atoms with Gasteiger partial charge in [0.15, 0.2) is 0 Å². The zero-order chi connectivity index (χ0) is 21.1. The molecule has 1 unspecified atom stereocenters. The first kappa shape index (κ1) is 20.1. The van der Waals surface area contributed by atoms with Crippen LogP contribution in [0.1, 0.15) is 45.6 Å². The van der Waals surface area contributed by atoms with E-state index in [9.17, 15) is 9.59 Å². The van der Waals surface area contributed by atoms with Crippen molar-refractivity contribution >= 4 is 5.91 Å². The largest absolute Gasteiger partial charge is 0.352 e. The van der Waals surface area contributed by atoms with E-state index < -0.39 is 0 Å². The van der Waals surface area contributed by atoms with Crippen LogP contribution in [0.25, 0.3) is 11.4 Å². The van der Waals surface area contributed by atoms with Gasteiger partial charge in [0.25, 0.3) is 11.5 Å². The van der Waals surface area contributed by atoms with Crippen molar-refractivity contribution in [3.8, 4) is 11.4 Å². The number of fused-ring (bicyclic) bond motifs is 1. The van der Waals surface area contributed by atoms with Crippen LogP contribution in [0.15, 0.2) is 53.3 Å². The molecule has 5 heteroatoms. The number of carbonyl (C=O) groups is 1. The number of aromatic nitrogens is 2. The van der Waals surface area contributed by atoms with Crippen molar-refractivity contribution in [2.24, 2.45) is 5.92 Å². The molecule has 0 saturated carbocycles. The lowest BCUT2D eigenvalue weighted by molar-refractivity contribution is 0.0945. The van der Waals surface area contributed by atoms with Gasteiger partial charge in [0, 0.05) is 23.2 Å². The third-order valence-corrected chi connectivity index (χ3v) is 6.06. The molecule has 0 saturated heterocycles. The van der Waals surface area contributed by atoms with Crippen molar-refractivity contribution in [2.75, 3.05) is 6.54 Å². The summed E-state index contributed by atoms with van der Waals surface area (Å²) in [7, 11) is 0. The maximum atomic E-state index is 12.7. The lowest BCUT2D eigenvalue weighted by Gasteiger charge is -2.15. The molecule has 0 fully saturated rings. The van der Waals surface area contributed by atoms with Gasteiger partial charge in [0.05, 0.1) is 5.69 Å². The van der Waals surface area contributed by atoms with Crippen molar-refractivity contribution in [1.82, 2.24) is 15.3 Å². The van der Waals surface area contributed by atoms with Gasteiger partial charge in [-0.1, -0.05) is 36.4 Å². The maximum absolute atomic E-state index is 12.7. The van der Waals surface area contributed by atoms with Gasteiger partial charge in [-0.15, -0.1) is 0 Å². The summed E-state index contributed by atoms with van der Waals surface area (Å²) in [4.78, 5) is 32.9. The first-order valence-corrected chi connectivity index (χ1v) is 10.5. The fourth-order valence-corrected chi connectivity index (χ4v) is 4.00. The molecule has 1 aliphatic carbocycles. The highest BCUT2D eigenvalue weighted by Crippen LogP contribution is 2.23. The van der Waals surface area contributed by atoms with Crippen LogP contribution in [0, 0.1) is 19.8 Å². The number of carbonyl (C=O) groups excluding carboxylic acids is 1. The Morgan fingerprint density at radius 2 is 1.83 bits per heavy atom. The van der Waals surface area contributed by atoms with Crippen LogP contribution in [0.3, 0.4) is 0 Å². The van der Waals surface area contributed by atoms with Crippen LogP contribution in [-0.4, -0.2) is 22.4 Å². The first-order valence-electron chi connectivity index (χ1n) is 10.5. The van der Waals surface area contributed by atoms with Gasteiger partial charge >= 0.3 is 0 Å². The fraction of sp³-hybridized carbons (Fsp3) is 0.320. The number of nitrogens with one attached hydrogen (secondary N) is 2. The molecule has 0 spiro atoms. The van der Waals surface area contributed by atoms with E-state index in [1.807, 2.05) is 62.4 Å². The van der Waals surface area contributed by atoms with Crippen LogP contribution in [-0.2, 0) is 12.8 Å². The topological polar surface area (TPSA) is 74.8 Å². The summed E-state index contributed by atoms with van der Waals surface area (Å²) >= 11 is 0. The molecule has 1 aliphatic rings. The number of nitrogens with zero attached hydrogens (tertiary/aromatic N) is 1. The number of hydrogen-bond acceptors (Lipinski definition) is 3. The molecule has 4 rings (SSSR count). The monoisotopic (exact) mass is 401 g/mol. The smallest absolute Gasteiger partial charge is 0.254 e. The molecule has 3 aromatic rings. The number of rotatable bonds is 4. The Hall–Kier alpha value is -3.21. The highest BCUT2D eigenvalue weighted by atomic mass is 16.1. The molecule has 0 aliphatic heterocycles. The fourth-order valence-electron chi connectivity index (χ4n) is 4.00. The third-order valence-electron chi connectivity index (χ3n) is 6.06. The Balaban J connectivity index is 1.43. The average Bonchev–Trinajstić information content (AvgIpc) is 2.97. The number of H-pyrrole nitrogens is 1. The minimum atomic E-state index is -0.0429. The van der Waals surface area contributed by atoms with E-state index in [-0.39, 0.29) is 11.5 Å². The second-order valence-corrected chi connectivity index (χ2v) is 8.16. The Kier molecular flexibility index (Phi) is 5.79. The minimum absolute atomic E-state index is 0.0396. The van der Waals surface area contributed by atoms with Crippen LogP contribution in [0.2, 0.25) is 0 Å². The van der Waals surface area contributed by atoms with Crippen LogP contribution in [0.4, 0.5) is 0 Å². The standard InChI is InChI=1S/C25H27N3O2/c1-16-8-11-20(14-17(16)2)24(29)26-15-18-9-12-21-22(13-10-18)27-23(28-25(21)30)19-6-4-3-5-7-19/h3-8,11,14,18H,9-10,12-13,15H2,1-2H3,(H,26,29)(H,27,28,30). The highest BCUT2D eigenvalue weighted by molar-refractivity contribution is 5.94. The number of benzene rings is 2. The molecule has 1 amide bonds. The Morgan fingerprint density at radius 1 is 1.07 bits per heavy atom. The van der Waals surface area contributed by atoms with Crippen molar-refractivity contribution < 1.29 is 4.79 Å². The summed E-state index contributed by atoms with van der Waals surface area (Å²) in [5.74, 6) is 0.914. The van der Waals surface area contributed by atoms with Crippen molar-refractivity contribution in [3.05, 3.63) is 86.8 Å². The van der Waals surface area contributed by atoms with Gasteiger partial charge < -0.3 is 10.3 Å². The lowest BCUT2D eigenvalue weighted by Crippen LogP contribution is -2.29. The number of amides is 1. The Morgan fingerprint density at radius 3 is 2.60 bits per heavy atom. The quantitative estimate of drug-likeness (QED) is 0.650. The summed E-state index contributed by atoms with van der Waals surface area (Å²) in [6.45, 7) is 4.67. The Labute approximate surface area is 176 Å². The molecule has 1 heterocycles. The predicted octanol–water partition coefficient (Wildman–Crippen LogP) is 3.98. The van der Waals surface area contributed by atoms with Crippen molar-refractivity contribution in [3.63, 3.8) is 0 Å². The molecule has 2 N–H and O–H groups in total. The SMILES string of the molecule is Cc1ccc(C(=O)NCC2CCc3nc(-c4ccccc4)[nH]c(=O)c3CC2)cc1C. The van der Waals surface area contributed by atoms with E-state index in [1.54, 1.807) is 0 Å². The van der Waals surface area contributed by atoms with Gasteiger partial charge in [0.2, 0.25) is 0 Å². The molecule has 0 bridgehead atoms. The molecule has 1 aromatic heterocycles. The summed E-state index contributed by atoms with van der Waals surface area (Å²) in [5, 5.41) is 3.08. The Bertz CT molecular complexity index is 1120. The first-order chi connectivity index (χ1) is 14.5. The number of aryl methyl sites for hydroxylation is 3. The van der Waals surface area contributed by atoms with E-state index in [4.69, 9.17) is 4.98 Å². The molecule has 30 heavy (non-hydrogen) atoms. The van der Waals surface area contributed by atoms with Gasteiger partial charge in [-0.05, 0) is 68.7 Å². The summed E-state index contributed by atoms with van der Waals surface area (Å²) in [5.41, 5.74) is 5.55. The maximum Gasteiger partial charge on any atom is 0.254 e. The summed E-state index contributed by atoms with van der Waals surface area (Å²) in [6, 6.07) is 15.5. The van der Waals surface area contributed by atoms with Crippen LogP contribution in [0.5, 0.6) is 0 Å². The van der Waals surface area contributed by atoms with Crippen LogP contribution >= 0.6 is 0 Å². The summed E-state index contributed by atoms with van der Waals surface area (Å²) in [6.07, 6.45) is 3.22. The molecule has 5 nitrogen and oxygen atoms in total. The zero-order valence-corrected chi connectivity index (χ0v) is 17.5. The van der Waals surface area contributed by atoms with E-state index in [2.05, 4.69) is 10.3 Å². The molecule has 154 valence electrons. The predicted molar refractivity (Wildman–Crippen MR) is 119 cm³/mol. The average molecular weight is 402 g/mol. The summed E-state index contributed by atoms with van der Waals surface area (Å²) < 4.78 is 0. The molecular weight excluding hydrogens is 374 g/mol. The molecule has 2 aromatic carbocycles. The molecular formula is C25H27N3O2. The minimum Gasteiger partial charge on any atom is -0.352 e. The zero-order valence-electron chi connectivity index (χ0n) is 17.5. The second kappa shape index (κ2) is 8.66. The van der Waals surface area contributed by atoms with Crippen LogP contribution < -0.4 is 10.9 Å². The molecule has 1 atom stereocenters. The van der Waals surface area contributed by atoms with E-state index in [0.717, 1.165) is 41.6 Å². The van der Waals surface area contributed by atoms with E-state index >= 15 is 0 Å².